The van der Waals surface area contributed by atoms with Gasteiger partial charge in [0.2, 0.25) is 5.89 Å². The number of aromatic nitrogens is 4. The summed E-state index contributed by atoms with van der Waals surface area (Å²) >= 11 is 0. The molecule has 4 rings (SSSR count). The molecule has 4 heterocycles. The van der Waals surface area contributed by atoms with Crippen LogP contribution in [0.5, 0.6) is 0 Å². The van der Waals surface area contributed by atoms with E-state index in [1.807, 2.05) is 19.9 Å². The molecular weight excluding hydrogens is 362 g/mol. The fourth-order valence-corrected chi connectivity index (χ4v) is 3.12. The van der Waals surface area contributed by atoms with Gasteiger partial charge in [0.05, 0.1) is 22.3 Å². The molecule has 1 amide bonds. The second-order valence-corrected chi connectivity index (χ2v) is 6.71. The molecule has 1 atom stereocenters. The number of carbonyl (C=O) groups is 1. The first-order valence-electron chi connectivity index (χ1n) is 8.79. The minimum Gasteiger partial charge on any atom is -0.466 e. The topological polar surface area (TPSA) is 120 Å². The summed E-state index contributed by atoms with van der Waals surface area (Å²) in [6, 6.07) is 3.13. The molecule has 0 bridgehead atoms. The predicted octanol–water partition coefficient (Wildman–Crippen LogP) is 3.59. The van der Waals surface area contributed by atoms with Gasteiger partial charge >= 0.3 is 0 Å². The van der Waals surface area contributed by atoms with Gasteiger partial charge in [-0.15, -0.1) is 0 Å². The molecule has 0 radical (unpaired) electrons. The highest BCUT2D eigenvalue weighted by atomic mass is 16.5. The lowest BCUT2D eigenvalue weighted by atomic mass is 10.0. The summed E-state index contributed by atoms with van der Waals surface area (Å²) in [6.45, 7) is 8.96. The normalized spacial score (nSPS) is 12.5. The van der Waals surface area contributed by atoms with Crippen LogP contribution >= 0.6 is 0 Å². The van der Waals surface area contributed by atoms with Crippen molar-refractivity contribution in [1.82, 2.24) is 25.6 Å². The van der Waals surface area contributed by atoms with E-state index in [2.05, 4.69) is 25.6 Å². The maximum atomic E-state index is 13.1. The van der Waals surface area contributed by atoms with Gasteiger partial charge in [-0.05, 0) is 46.8 Å². The van der Waals surface area contributed by atoms with Gasteiger partial charge in [-0.2, -0.15) is 4.98 Å². The van der Waals surface area contributed by atoms with Crippen LogP contribution in [0.1, 0.15) is 52.3 Å². The van der Waals surface area contributed by atoms with E-state index in [0.29, 0.717) is 45.5 Å². The van der Waals surface area contributed by atoms with E-state index >= 15 is 0 Å². The molecule has 28 heavy (non-hydrogen) atoms. The number of hydrogen-bond donors (Lipinski definition) is 1. The monoisotopic (exact) mass is 381 g/mol. The first kappa shape index (κ1) is 17.9. The van der Waals surface area contributed by atoms with Gasteiger partial charge in [-0.25, -0.2) is 4.98 Å². The first-order valence-corrected chi connectivity index (χ1v) is 8.79. The smallest absolute Gasteiger partial charge is 0.259 e. The number of amides is 1. The quantitative estimate of drug-likeness (QED) is 0.569. The van der Waals surface area contributed by atoms with Crippen LogP contribution in [0.3, 0.4) is 0 Å². The minimum absolute atomic E-state index is 0.291. The number of carbonyl (C=O) groups excluding carboxylic acids is 1. The summed E-state index contributed by atoms with van der Waals surface area (Å²) in [5.74, 6) is 1.99. The number of furan rings is 1. The molecule has 0 aliphatic carbocycles. The second-order valence-electron chi connectivity index (χ2n) is 6.71. The van der Waals surface area contributed by atoms with Crippen LogP contribution in [-0.2, 0) is 0 Å². The Labute approximate surface area is 160 Å². The van der Waals surface area contributed by atoms with Crippen molar-refractivity contribution in [2.45, 2.75) is 40.7 Å². The largest absolute Gasteiger partial charge is 0.466 e. The number of aryl methyl sites for hydroxylation is 4. The zero-order valence-electron chi connectivity index (χ0n) is 16.2. The lowest BCUT2D eigenvalue weighted by Crippen LogP contribution is -2.27. The summed E-state index contributed by atoms with van der Waals surface area (Å²) in [4.78, 5) is 21.7. The van der Waals surface area contributed by atoms with Crippen molar-refractivity contribution in [2.24, 2.45) is 0 Å². The first-order chi connectivity index (χ1) is 13.3. The molecule has 1 N–H and O–H groups in total. The lowest BCUT2D eigenvalue weighted by Gasteiger charge is -2.11. The van der Waals surface area contributed by atoms with Crippen LogP contribution in [0, 0.1) is 27.7 Å². The average molecular weight is 381 g/mol. The Morgan fingerprint density at radius 1 is 1.07 bits per heavy atom. The molecule has 4 aromatic heterocycles. The average Bonchev–Trinajstić information content (AvgIpc) is 3.33. The lowest BCUT2D eigenvalue weighted by molar-refractivity contribution is 0.0934. The zero-order chi connectivity index (χ0) is 20.0. The van der Waals surface area contributed by atoms with Gasteiger partial charge < -0.3 is 18.8 Å². The number of nitrogens with zero attached hydrogens (tertiary/aromatic N) is 4. The molecule has 1 unspecified atom stereocenters. The summed E-state index contributed by atoms with van der Waals surface area (Å²) in [6.07, 6.45) is 0. The zero-order valence-corrected chi connectivity index (χ0v) is 16.2. The SMILES string of the molecule is Cc1noc(C(C)NC(=O)c2cc(-c3cc(C)oc3C)nc3onc(C)c23)n1. The maximum absolute atomic E-state index is 13.1. The van der Waals surface area contributed by atoms with Gasteiger partial charge in [0, 0.05) is 5.56 Å². The van der Waals surface area contributed by atoms with Crippen molar-refractivity contribution >= 4 is 17.0 Å². The molecule has 144 valence electrons. The van der Waals surface area contributed by atoms with Gasteiger partial charge in [-0.3, -0.25) is 4.79 Å². The Morgan fingerprint density at radius 2 is 1.86 bits per heavy atom. The van der Waals surface area contributed by atoms with E-state index in [1.165, 1.54) is 0 Å². The molecular formula is C19H19N5O4. The molecule has 0 saturated carbocycles. The molecule has 0 aliphatic heterocycles. The summed E-state index contributed by atoms with van der Waals surface area (Å²) in [7, 11) is 0. The third-order valence-electron chi connectivity index (χ3n) is 4.44. The van der Waals surface area contributed by atoms with Crippen LogP contribution in [0.2, 0.25) is 0 Å². The van der Waals surface area contributed by atoms with E-state index in [1.54, 1.807) is 26.8 Å². The van der Waals surface area contributed by atoms with Crippen molar-refractivity contribution < 1.29 is 18.3 Å². The van der Waals surface area contributed by atoms with E-state index in [-0.39, 0.29) is 5.91 Å². The number of fused-ring (bicyclic) bond motifs is 1. The Hall–Kier alpha value is -3.49. The molecule has 9 heteroatoms. The summed E-state index contributed by atoms with van der Waals surface area (Å²) in [5.41, 5.74) is 2.65. The van der Waals surface area contributed by atoms with E-state index in [4.69, 9.17) is 13.5 Å². The fraction of sp³-hybridized carbons (Fsp3) is 0.316. The molecule has 0 aliphatic rings. The number of pyridine rings is 1. The van der Waals surface area contributed by atoms with Gasteiger partial charge in [0.1, 0.15) is 17.6 Å². The number of nitrogens with one attached hydrogen (secondary N) is 1. The van der Waals surface area contributed by atoms with Gasteiger partial charge in [0.15, 0.2) is 5.82 Å². The fourth-order valence-electron chi connectivity index (χ4n) is 3.12. The van der Waals surface area contributed by atoms with Crippen molar-refractivity contribution in [3.63, 3.8) is 0 Å². The molecule has 4 aromatic rings. The van der Waals surface area contributed by atoms with E-state index in [9.17, 15) is 4.79 Å². The van der Waals surface area contributed by atoms with Gasteiger partial charge in [-0.1, -0.05) is 10.3 Å². The predicted molar refractivity (Wildman–Crippen MR) is 98.6 cm³/mol. The Morgan fingerprint density at radius 3 is 2.50 bits per heavy atom. The van der Waals surface area contributed by atoms with Crippen LogP contribution in [0.4, 0.5) is 0 Å². The maximum Gasteiger partial charge on any atom is 0.259 e. The van der Waals surface area contributed by atoms with E-state index in [0.717, 1.165) is 11.3 Å². The Balaban J connectivity index is 1.77. The third-order valence-corrected chi connectivity index (χ3v) is 4.44. The molecule has 0 fully saturated rings. The minimum atomic E-state index is -0.460. The molecule has 9 nitrogen and oxygen atoms in total. The molecule has 0 saturated heterocycles. The van der Waals surface area contributed by atoms with Crippen molar-refractivity contribution in [2.75, 3.05) is 0 Å². The van der Waals surface area contributed by atoms with Gasteiger partial charge in [0.25, 0.3) is 11.6 Å². The van der Waals surface area contributed by atoms with Crippen molar-refractivity contribution in [1.29, 1.82) is 0 Å². The number of rotatable bonds is 4. The highest BCUT2D eigenvalue weighted by Gasteiger charge is 2.23. The highest BCUT2D eigenvalue weighted by molar-refractivity contribution is 6.07. The molecule has 0 aromatic carbocycles. The van der Waals surface area contributed by atoms with Crippen molar-refractivity contribution in [3.05, 3.63) is 46.6 Å². The van der Waals surface area contributed by atoms with E-state index < -0.39 is 6.04 Å². The van der Waals surface area contributed by atoms with Crippen LogP contribution in [0.25, 0.3) is 22.4 Å². The highest BCUT2D eigenvalue weighted by Crippen LogP contribution is 2.30. The number of hydrogen-bond acceptors (Lipinski definition) is 8. The van der Waals surface area contributed by atoms with Crippen molar-refractivity contribution in [3.8, 4) is 11.3 Å². The summed E-state index contributed by atoms with van der Waals surface area (Å²) < 4.78 is 16.1. The third kappa shape index (κ3) is 3.04. The van der Waals surface area contributed by atoms with Crippen LogP contribution in [0.15, 0.2) is 25.6 Å². The van der Waals surface area contributed by atoms with Crippen LogP contribution < -0.4 is 5.32 Å². The second kappa shape index (κ2) is 6.59. The van der Waals surface area contributed by atoms with Crippen LogP contribution in [-0.4, -0.2) is 26.2 Å². The standard InChI is InChI=1S/C19H19N5O4/c1-8-6-13(11(4)26-8)15-7-14(16-9(2)23-28-19(16)22-15)17(25)20-10(3)18-21-12(5)24-27-18/h6-7,10H,1-5H3,(H,20,25). The summed E-state index contributed by atoms with van der Waals surface area (Å²) in [5, 5.41) is 11.2. The Bertz CT molecular complexity index is 1190. The Kier molecular flexibility index (Phi) is 4.21. The molecule has 0 spiro atoms.